The van der Waals surface area contributed by atoms with Gasteiger partial charge in [-0.05, 0) is 92.6 Å². The summed E-state index contributed by atoms with van der Waals surface area (Å²) in [7, 11) is -9.89. The number of hydrogen-bond acceptors (Lipinski definition) is 16. The molecule has 0 aromatic heterocycles. The van der Waals surface area contributed by atoms with Gasteiger partial charge in [-0.1, -0.05) is 71.2 Å². The second-order valence-electron chi connectivity index (χ2n) is 13.4. The molecule has 3 heterocycles. The molecule has 20 heteroatoms. The number of hydrogen-bond donors (Lipinski definition) is 2. The largest absolute Gasteiger partial charge is 2.00 e. The predicted octanol–water partition coefficient (Wildman–Crippen LogP) is -4.82. The summed E-state index contributed by atoms with van der Waals surface area (Å²) in [5, 5.41) is 36.6. The monoisotopic (exact) mass is 930 g/mol. The number of nitrogens with one attached hydrogen (secondary N) is 2. The van der Waals surface area contributed by atoms with E-state index in [1.54, 1.807) is 12.4 Å². The molecule has 0 radical (unpaired) electrons. The van der Waals surface area contributed by atoms with Crippen LogP contribution in [0.2, 0.25) is 0 Å². The molecule has 16 nitrogen and oxygen atoms in total. The first kappa shape index (κ1) is 51.3. The van der Waals surface area contributed by atoms with E-state index in [0.717, 1.165) is 110 Å². The number of halogens is 2. The van der Waals surface area contributed by atoms with Crippen molar-refractivity contribution in [3.63, 3.8) is 0 Å². The van der Waals surface area contributed by atoms with Crippen LogP contribution in [0.5, 0.6) is 11.5 Å². The molecular weight excluding hydrogens is 889 g/mol. The van der Waals surface area contributed by atoms with E-state index in [0.29, 0.717) is 24.2 Å². The van der Waals surface area contributed by atoms with Crippen molar-refractivity contribution in [3.05, 3.63) is 94.0 Å². The summed E-state index contributed by atoms with van der Waals surface area (Å²) in [6.45, 7) is 12.3. The fourth-order valence-electron chi connectivity index (χ4n) is 6.58. The van der Waals surface area contributed by atoms with Gasteiger partial charge in [0.2, 0.25) is 0 Å². The van der Waals surface area contributed by atoms with Gasteiger partial charge < -0.3 is 20.8 Å². The first-order chi connectivity index (χ1) is 26.4. The van der Waals surface area contributed by atoms with Crippen LogP contribution in [0.4, 0.5) is 11.4 Å². The molecule has 3 aliphatic rings. The van der Waals surface area contributed by atoms with Crippen molar-refractivity contribution in [3.8, 4) is 11.5 Å². The van der Waals surface area contributed by atoms with Gasteiger partial charge in [0, 0.05) is 57.1 Å². The standard InChI is InChI=1S/C38H46N6O2.2ClHO4.2Ni/c1-27-19-30-23-41-34-9-3-7-29-8-4-10-35(36(29)34)42-24-31-20-28(2)22-33(38(31)46)26-44-16-6-12-39-13-17-43(15-5-11-40-14-18-44)25-32(21-27)37(30)45;2*2-1(3,4)5;;/h3-4,7-10,19-24,39-40,45-46H,5-6,11-18,25-26H2,1-2H3;2*(H,2,3,4,5);;/q;;;2*+2/p-4. The molecule has 3 aliphatic heterocycles. The molecule has 2 unspecified atom stereocenters. The van der Waals surface area contributed by atoms with Gasteiger partial charge in [0.15, 0.2) is 0 Å². The quantitative estimate of drug-likeness (QED) is 0.157. The fraction of sp³-hybridized carbons (Fsp3) is 0.368. The average molecular weight is 933 g/mol. The van der Waals surface area contributed by atoms with Crippen molar-refractivity contribution < 1.29 is 101 Å². The Bertz CT molecular complexity index is 1810. The van der Waals surface area contributed by atoms with Crippen molar-refractivity contribution >= 4 is 34.6 Å². The number of fused-ring (bicyclic) bond motifs is 10. The van der Waals surface area contributed by atoms with Crippen molar-refractivity contribution in [2.24, 2.45) is 9.98 Å². The molecule has 6 bridgehead atoms. The SMILES string of the molecule is Cc1cc2c([O-])c(c1)CN1CCCNCCN(CCCNCC1)Cc1cc(C)cc(c1[O-])C=Nc1cccc3cccc(c13)N=C2.[Ni+2].[Ni+2].[O-][Cl+3]([O-])([O-])[O-].[O-][Cl+3]([O-])([O-])[O-]. The van der Waals surface area contributed by atoms with Crippen LogP contribution >= 0.6 is 0 Å². The number of benzene rings is 4. The molecule has 7 rings (SSSR count). The third-order valence-electron chi connectivity index (χ3n) is 8.88. The van der Waals surface area contributed by atoms with E-state index in [1.165, 1.54) is 0 Å². The normalized spacial score (nSPS) is 18.0. The third-order valence-corrected chi connectivity index (χ3v) is 8.88. The maximum absolute atomic E-state index is 13.8. The molecule has 1 fully saturated rings. The van der Waals surface area contributed by atoms with E-state index < -0.39 is 20.5 Å². The van der Waals surface area contributed by atoms with E-state index in [9.17, 15) is 10.2 Å². The Labute approximate surface area is 361 Å². The molecule has 4 aromatic rings. The Kier molecular flexibility index (Phi) is 21.6. The summed E-state index contributed by atoms with van der Waals surface area (Å²) in [5.74, 6) is 0.0463. The Morgan fingerprint density at radius 2 is 0.931 bits per heavy atom. The third kappa shape index (κ3) is 18.2. The first-order valence-corrected chi connectivity index (χ1v) is 20.2. The van der Waals surface area contributed by atoms with Crippen molar-refractivity contribution in [2.45, 2.75) is 39.8 Å². The summed E-state index contributed by atoms with van der Waals surface area (Å²) in [6.07, 6.45) is 5.37. The van der Waals surface area contributed by atoms with E-state index in [-0.39, 0.29) is 44.5 Å². The van der Waals surface area contributed by atoms with Gasteiger partial charge in [-0.2, -0.15) is 0 Å². The fourth-order valence-corrected chi connectivity index (χ4v) is 6.58. The maximum atomic E-state index is 13.8. The topological polar surface area (TPSA) is 286 Å². The van der Waals surface area contributed by atoms with Gasteiger partial charge in [-0.3, -0.25) is 19.8 Å². The number of aliphatic imine (C=N–C) groups is 2. The zero-order valence-corrected chi connectivity index (χ0v) is 35.2. The van der Waals surface area contributed by atoms with Gasteiger partial charge in [0.25, 0.3) is 0 Å². The zero-order valence-electron chi connectivity index (χ0n) is 31.7. The second-order valence-corrected chi connectivity index (χ2v) is 14.9. The smallest absolute Gasteiger partial charge is 0.872 e. The van der Waals surface area contributed by atoms with Crippen LogP contribution in [-0.2, 0) is 46.1 Å². The minimum absolute atomic E-state index is 0. The summed E-state index contributed by atoms with van der Waals surface area (Å²) < 4.78 is 67.9. The molecule has 4 aromatic carbocycles. The van der Waals surface area contributed by atoms with Crippen molar-refractivity contribution in [1.82, 2.24) is 20.4 Å². The number of nitrogens with zero attached hydrogens (tertiary/aromatic N) is 4. The zero-order chi connectivity index (χ0) is 40.9. The second kappa shape index (κ2) is 24.4. The van der Waals surface area contributed by atoms with E-state index in [4.69, 9.17) is 47.3 Å². The van der Waals surface area contributed by atoms with Crippen LogP contribution in [0, 0.1) is 34.3 Å². The Morgan fingerprint density at radius 3 is 1.31 bits per heavy atom. The van der Waals surface area contributed by atoms with Crippen LogP contribution in [0.15, 0.2) is 70.6 Å². The molecule has 0 aliphatic carbocycles. The van der Waals surface area contributed by atoms with E-state index >= 15 is 0 Å². The molecule has 0 amide bonds. The predicted molar refractivity (Wildman–Crippen MR) is 185 cm³/mol. The first-order valence-electron chi connectivity index (χ1n) is 17.7. The van der Waals surface area contributed by atoms with Crippen LogP contribution in [0.3, 0.4) is 0 Å². The summed E-state index contributed by atoms with van der Waals surface area (Å²) >= 11 is 0. The van der Waals surface area contributed by atoms with Crippen LogP contribution in [0.1, 0.15) is 46.2 Å². The Balaban J connectivity index is 0.000000866. The summed E-state index contributed by atoms with van der Waals surface area (Å²) in [4.78, 5) is 14.5. The van der Waals surface area contributed by atoms with E-state index in [1.807, 2.05) is 74.5 Å². The molecule has 2 N–H and O–H groups in total. The van der Waals surface area contributed by atoms with Gasteiger partial charge in [0.1, 0.15) is 0 Å². The minimum Gasteiger partial charge on any atom is -0.872 e. The minimum atomic E-state index is -4.94. The van der Waals surface area contributed by atoms with E-state index in [2.05, 4.69) is 20.4 Å². The van der Waals surface area contributed by atoms with Gasteiger partial charge in [-0.15, -0.1) is 20.5 Å². The Hall–Kier alpha value is -2.83. The van der Waals surface area contributed by atoms with Crippen molar-refractivity contribution in [2.75, 3.05) is 52.4 Å². The van der Waals surface area contributed by atoms with Crippen LogP contribution < -0.4 is 58.1 Å². The molecular formula is C38H44Cl2N6Ni2O10. The van der Waals surface area contributed by atoms with Crippen molar-refractivity contribution in [1.29, 1.82) is 0 Å². The van der Waals surface area contributed by atoms with Crippen LogP contribution in [0.25, 0.3) is 10.8 Å². The molecule has 1 saturated heterocycles. The number of rotatable bonds is 0. The summed E-state index contributed by atoms with van der Waals surface area (Å²) in [6, 6.07) is 19.8. The molecule has 320 valence electrons. The maximum Gasteiger partial charge on any atom is 2.00 e. The van der Waals surface area contributed by atoms with Crippen LogP contribution in [-0.4, -0.2) is 74.6 Å². The molecule has 0 saturated carbocycles. The summed E-state index contributed by atoms with van der Waals surface area (Å²) in [5.41, 5.74) is 6.32. The molecule has 0 spiro atoms. The Morgan fingerprint density at radius 1 is 0.552 bits per heavy atom. The van der Waals surface area contributed by atoms with Gasteiger partial charge in [-0.25, -0.2) is 37.3 Å². The van der Waals surface area contributed by atoms with Gasteiger partial charge >= 0.3 is 33.0 Å². The number of aryl methyl sites for hydroxylation is 2. The molecule has 58 heavy (non-hydrogen) atoms. The average Bonchev–Trinajstić information content (AvgIpc) is 3.10. The van der Waals surface area contributed by atoms with Gasteiger partial charge in [0.05, 0.1) is 11.4 Å². The molecule has 2 atom stereocenters.